The molecular weight excluding hydrogens is 242 g/mol. The molecule has 1 fully saturated rings. The smallest absolute Gasteiger partial charge is 0.258 e. The third-order valence-corrected chi connectivity index (χ3v) is 2.92. The van der Waals surface area contributed by atoms with E-state index in [4.69, 9.17) is 4.74 Å². The zero-order valence-corrected chi connectivity index (χ0v) is 11.5. The van der Waals surface area contributed by atoms with E-state index in [-0.39, 0.29) is 12.5 Å². The van der Waals surface area contributed by atoms with Gasteiger partial charge in [-0.25, -0.2) is 0 Å². The summed E-state index contributed by atoms with van der Waals surface area (Å²) in [6.07, 6.45) is 2.17. The minimum absolute atomic E-state index is 0.0559. The number of pyridine rings is 1. The zero-order valence-electron chi connectivity index (χ0n) is 11.5. The monoisotopic (exact) mass is 263 g/mol. The molecule has 104 valence electrons. The lowest BCUT2D eigenvalue weighted by Crippen LogP contribution is -2.30. The van der Waals surface area contributed by atoms with Gasteiger partial charge in [-0.3, -0.25) is 9.78 Å². The Kier molecular flexibility index (Phi) is 4.74. The Labute approximate surface area is 113 Å². The minimum atomic E-state index is -0.0579. The maximum absolute atomic E-state index is 11.6. The summed E-state index contributed by atoms with van der Waals surface area (Å²) in [5.74, 6) is 0.620. The molecule has 2 N–H and O–H groups in total. The minimum Gasteiger partial charge on any atom is -0.482 e. The van der Waals surface area contributed by atoms with Crippen molar-refractivity contribution in [3.05, 3.63) is 23.5 Å². The largest absolute Gasteiger partial charge is 0.482 e. The number of amides is 1. The first-order valence-electron chi connectivity index (χ1n) is 6.78. The van der Waals surface area contributed by atoms with Crippen molar-refractivity contribution >= 4 is 5.91 Å². The molecule has 0 bridgehead atoms. The van der Waals surface area contributed by atoms with Gasteiger partial charge in [0.2, 0.25) is 0 Å². The van der Waals surface area contributed by atoms with E-state index in [2.05, 4.69) is 15.6 Å². The van der Waals surface area contributed by atoms with Crippen LogP contribution in [0.3, 0.4) is 0 Å². The molecule has 0 aliphatic heterocycles. The summed E-state index contributed by atoms with van der Waals surface area (Å²) in [6.45, 7) is 5.56. The predicted molar refractivity (Wildman–Crippen MR) is 73.0 cm³/mol. The Balaban J connectivity index is 1.91. The lowest BCUT2D eigenvalue weighted by molar-refractivity contribution is -0.123. The molecule has 0 spiro atoms. The lowest BCUT2D eigenvalue weighted by atomic mass is 10.3. The topological polar surface area (TPSA) is 63.3 Å². The average Bonchev–Trinajstić information content (AvgIpc) is 3.19. The molecule has 0 atom stereocenters. The highest BCUT2D eigenvalue weighted by Crippen LogP contribution is 2.19. The van der Waals surface area contributed by atoms with Gasteiger partial charge in [-0.2, -0.15) is 0 Å². The molecule has 1 aromatic rings. The molecule has 0 aromatic carbocycles. The fourth-order valence-electron chi connectivity index (χ4n) is 1.74. The summed E-state index contributed by atoms with van der Waals surface area (Å²) in [7, 11) is 0. The number of carbonyl (C=O) groups excluding carboxylic acids is 1. The van der Waals surface area contributed by atoms with Crippen LogP contribution in [-0.4, -0.2) is 30.1 Å². The predicted octanol–water partition coefficient (Wildman–Crippen LogP) is 1.16. The first-order chi connectivity index (χ1) is 9.19. The first-order valence-corrected chi connectivity index (χ1v) is 6.78. The van der Waals surface area contributed by atoms with Gasteiger partial charge in [0.25, 0.3) is 5.91 Å². The van der Waals surface area contributed by atoms with Crippen LogP contribution >= 0.6 is 0 Å². The van der Waals surface area contributed by atoms with E-state index in [9.17, 15) is 4.79 Å². The van der Waals surface area contributed by atoms with Gasteiger partial charge in [-0.05, 0) is 38.4 Å². The summed E-state index contributed by atoms with van der Waals surface area (Å²) in [4.78, 5) is 16.0. The highest BCUT2D eigenvalue weighted by molar-refractivity contribution is 5.78. The summed E-state index contributed by atoms with van der Waals surface area (Å²) in [5.41, 5.74) is 1.80. The van der Waals surface area contributed by atoms with Gasteiger partial charge in [0.05, 0.1) is 5.69 Å². The average molecular weight is 263 g/mol. The maximum Gasteiger partial charge on any atom is 0.258 e. The molecule has 1 aliphatic carbocycles. The van der Waals surface area contributed by atoms with Gasteiger partial charge in [0, 0.05) is 18.3 Å². The molecule has 1 aromatic heterocycles. The number of nitrogens with one attached hydrogen (secondary N) is 2. The van der Waals surface area contributed by atoms with Gasteiger partial charge in [0.15, 0.2) is 6.61 Å². The third-order valence-electron chi connectivity index (χ3n) is 2.92. The number of ether oxygens (including phenoxy) is 1. The number of nitrogens with zero attached hydrogens (tertiary/aromatic N) is 1. The Bertz CT molecular complexity index is 444. The molecule has 1 amide bonds. The van der Waals surface area contributed by atoms with E-state index < -0.39 is 0 Å². The van der Waals surface area contributed by atoms with Crippen molar-refractivity contribution in [3.8, 4) is 5.75 Å². The van der Waals surface area contributed by atoms with Crippen molar-refractivity contribution in [2.24, 2.45) is 0 Å². The summed E-state index contributed by atoms with van der Waals surface area (Å²) in [5, 5.41) is 6.12. The van der Waals surface area contributed by atoms with E-state index in [0.29, 0.717) is 18.3 Å². The second-order valence-electron chi connectivity index (χ2n) is 4.81. The van der Waals surface area contributed by atoms with E-state index in [1.165, 1.54) is 0 Å². The van der Waals surface area contributed by atoms with Crippen molar-refractivity contribution < 1.29 is 9.53 Å². The fraction of sp³-hybridized carbons (Fsp3) is 0.571. The second kappa shape index (κ2) is 6.52. The normalized spacial score (nSPS) is 14.2. The van der Waals surface area contributed by atoms with E-state index >= 15 is 0 Å². The molecule has 0 saturated heterocycles. The highest BCUT2D eigenvalue weighted by atomic mass is 16.5. The van der Waals surface area contributed by atoms with Crippen LogP contribution in [0.2, 0.25) is 0 Å². The number of rotatable bonds is 7. The number of carbonyl (C=O) groups is 1. The number of aryl methyl sites for hydroxylation is 1. The second-order valence-corrected chi connectivity index (χ2v) is 4.81. The van der Waals surface area contributed by atoms with Crippen molar-refractivity contribution in [1.29, 1.82) is 0 Å². The van der Waals surface area contributed by atoms with Crippen LogP contribution in [0.4, 0.5) is 0 Å². The lowest BCUT2D eigenvalue weighted by Gasteiger charge is -2.11. The van der Waals surface area contributed by atoms with Gasteiger partial charge in [0.1, 0.15) is 5.75 Å². The zero-order chi connectivity index (χ0) is 13.7. The number of hydrogen-bond donors (Lipinski definition) is 2. The van der Waals surface area contributed by atoms with Gasteiger partial charge in [-0.1, -0.05) is 6.92 Å². The SMILES string of the molecule is CCNCc1nc(C)ccc1OCC(=O)NC1CC1. The van der Waals surface area contributed by atoms with Crippen LogP contribution in [0, 0.1) is 6.92 Å². The van der Waals surface area contributed by atoms with Crippen LogP contribution in [0.15, 0.2) is 12.1 Å². The summed E-state index contributed by atoms with van der Waals surface area (Å²) >= 11 is 0. The van der Waals surface area contributed by atoms with Crippen LogP contribution in [0.1, 0.15) is 31.2 Å². The molecule has 5 heteroatoms. The first kappa shape index (κ1) is 13.8. The number of hydrogen-bond acceptors (Lipinski definition) is 4. The summed E-state index contributed by atoms with van der Waals surface area (Å²) < 4.78 is 5.57. The molecule has 2 rings (SSSR count). The summed E-state index contributed by atoms with van der Waals surface area (Å²) in [6, 6.07) is 4.14. The van der Waals surface area contributed by atoms with Crippen molar-refractivity contribution in [2.45, 2.75) is 39.3 Å². The molecule has 0 radical (unpaired) electrons. The van der Waals surface area contributed by atoms with E-state index in [1.54, 1.807) is 0 Å². The van der Waals surface area contributed by atoms with E-state index in [1.807, 2.05) is 26.0 Å². The van der Waals surface area contributed by atoms with Gasteiger partial charge in [-0.15, -0.1) is 0 Å². The Morgan fingerprint density at radius 2 is 2.26 bits per heavy atom. The fourth-order valence-corrected chi connectivity index (χ4v) is 1.74. The van der Waals surface area contributed by atoms with Crippen molar-refractivity contribution in [2.75, 3.05) is 13.2 Å². The quantitative estimate of drug-likeness (QED) is 0.775. The van der Waals surface area contributed by atoms with Gasteiger partial charge < -0.3 is 15.4 Å². The third kappa shape index (κ3) is 4.52. The molecular formula is C14H21N3O2. The Morgan fingerprint density at radius 3 is 2.95 bits per heavy atom. The van der Waals surface area contributed by atoms with Crippen LogP contribution in [-0.2, 0) is 11.3 Å². The Morgan fingerprint density at radius 1 is 1.47 bits per heavy atom. The molecule has 1 heterocycles. The van der Waals surface area contributed by atoms with Crippen LogP contribution in [0.25, 0.3) is 0 Å². The molecule has 1 aliphatic rings. The molecule has 19 heavy (non-hydrogen) atoms. The molecule has 1 saturated carbocycles. The van der Waals surface area contributed by atoms with Gasteiger partial charge >= 0.3 is 0 Å². The van der Waals surface area contributed by atoms with Crippen LogP contribution in [0.5, 0.6) is 5.75 Å². The Hall–Kier alpha value is -1.62. The van der Waals surface area contributed by atoms with Crippen molar-refractivity contribution in [1.82, 2.24) is 15.6 Å². The molecule has 5 nitrogen and oxygen atoms in total. The number of aromatic nitrogens is 1. The van der Waals surface area contributed by atoms with E-state index in [0.717, 1.165) is 30.8 Å². The van der Waals surface area contributed by atoms with Crippen LogP contribution < -0.4 is 15.4 Å². The molecule has 0 unspecified atom stereocenters. The van der Waals surface area contributed by atoms with Crippen molar-refractivity contribution in [3.63, 3.8) is 0 Å². The standard InChI is InChI=1S/C14H21N3O2/c1-3-15-8-12-13(7-4-10(2)16-12)19-9-14(18)17-11-5-6-11/h4,7,11,15H,3,5-6,8-9H2,1-2H3,(H,17,18). The highest BCUT2D eigenvalue weighted by Gasteiger charge is 2.23. The maximum atomic E-state index is 11.6.